The second kappa shape index (κ2) is 7.03. The summed E-state index contributed by atoms with van der Waals surface area (Å²) in [7, 11) is 1.94. The van der Waals surface area contributed by atoms with Gasteiger partial charge in [-0.15, -0.1) is 0 Å². The van der Waals surface area contributed by atoms with Crippen LogP contribution in [0.15, 0.2) is 4.99 Å². The van der Waals surface area contributed by atoms with Crippen LogP contribution in [-0.4, -0.2) is 12.8 Å². The molecule has 14 heavy (non-hydrogen) atoms. The van der Waals surface area contributed by atoms with Crippen molar-refractivity contribution >= 4 is 5.71 Å². The van der Waals surface area contributed by atoms with Crippen molar-refractivity contribution in [2.45, 2.75) is 64.7 Å². The smallest absolute Gasteiger partial charge is 0.0276 e. The fourth-order valence-electron chi connectivity index (χ4n) is 2.41. The number of hydrogen-bond acceptors (Lipinski definition) is 1. The third-order valence-electron chi connectivity index (χ3n) is 3.55. The molecule has 0 aromatic rings. The Morgan fingerprint density at radius 2 is 1.29 bits per heavy atom. The van der Waals surface area contributed by atoms with Crippen molar-refractivity contribution in [2.24, 2.45) is 10.9 Å². The Balaban J connectivity index is 2.38. The Labute approximate surface area is 89.0 Å². The lowest BCUT2D eigenvalue weighted by Crippen LogP contribution is -2.12. The highest BCUT2D eigenvalue weighted by Crippen LogP contribution is 2.22. The van der Waals surface area contributed by atoms with Gasteiger partial charge in [0.1, 0.15) is 0 Å². The molecule has 1 aliphatic carbocycles. The average molecular weight is 195 g/mol. The van der Waals surface area contributed by atoms with Crippen LogP contribution in [0.4, 0.5) is 0 Å². The fraction of sp³-hybridized carbons (Fsp3) is 0.923. The van der Waals surface area contributed by atoms with Crippen molar-refractivity contribution in [2.75, 3.05) is 7.05 Å². The van der Waals surface area contributed by atoms with Gasteiger partial charge in [-0.05, 0) is 25.7 Å². The maximum atomic E-state index is 4.36. The first-order valence-corrected chi connectivity index (χ1v) is 6.28. The first-order chi connectivity index (χ1) is 6.84. The third kappa shape index (κ3) is 4.26. The van der Waals surface area contributed by atoms with E-state index in [-0.39, 0.29) is 0 Å². The molecule has 0 spiro atoms. The predicted octanol–water partition coefficient (Wildman–Crippen LogP) is 4.22. The Kier molecular flexibility index (Phi) is 5.89. The molecule has 0 saturated heterocycles. The molecule has 0 amide bonds. The first-order valence-electron chi connectivity index (χ1n) is 6.28. The molecule has 0 aromatic heterocycles. The minimum absolute atomic E-state index is 0.790. The van der Waals surface area contributed by atoms with E-state index in [0.717, 1.165) is 5.92 Å². The second-order valence-electron chi connectivity index (χ2n) is 4.61. The Morgan fingerprint density at radius 1 is 0.857 bits per heavy atom. The van der Waals surface area contributed by atoms with Crippen LogP contribution in [0.5, 0.6) is 0 Å². The van der Waals surface area contributed by atoms with Crippen LogP contribution in [0, 0.1) is 5.92 Å². The van der Waals surface area contributed by atoms with Crippen molar-refractivity contribution in [1.82, 2.24) is 0 Å². The van der Waals surface area contributed by atoms with E-state index in [9.17, 15) is 0 Å². The first kappa shape index (κ1) is 11.7. The summed E-state index contributed by atoms with van der Waals surface area (Å²) in [6.07, 6.45) is 12.8. The van der Waals surface area contributed by atoms with Crippen LogP contribution in [0.3, 0.4) is 0 Å². The van der Waals surface area contributed by atoms with Crippen LogP contribution < -0.4 is 0 Å². The zero-order chi connectivity index (χ0) is 10.2. The molecule has 0 bridgehead atoms. The zero-order valence-corrected chi connectivity index (χ0v) is 9.89. The summed E-state index contributed by atoms with van der Waals surface area (Å²) in [5, 5.41) is 0. The quantitative estimate of drug-likeness (QED) is 0.556. The largest absolute Gasteiger partial charge is 0.297 e. The van der Waals surface area contributed by atoms with Crippen molar-refractivity contribution < 1.29 is 0 Å². The molecule has 0 heterocycles. The summed E-state index contributed by atoms with van der Waals surface area (Å²) in [6.45, 7) is 2.20. The van der Waals surface area contributed by atoms with Gasteiger partial charge in [-0.2, -0.15) is 0 Å². The highest BCUT2D eigenvalue weighted by Gasteiger charge is 2.12. The van der Waals surface area contributed by atoms with E-state index in [0.29, 0.717) is 0 Å². The van der Waals surface area contributed by atoms with Gasteiger partial charge in [0.25, 0.3) is 0 Å². The summed E-state index contributed by atoms with van der Waals surface area (Å²) >= 11 is 0. The fourth-order valence-corrected chi connectivity index (χ4v) is 2.41. The van der Waals surface area contributed by atoms with Gasteiger partial charge in [0.15, 0.2) is 0 Å². The highest BCUT2D eigenvalue weighted by atomic mass is 14.7. The van der Waals surface area contributed by atoms with Gasteiger partial charge in [-0.1, -0.05) is 44.9 Å². The van der Waals surface area contributed by atoms with Crippen LogP contribution in [0.25, 0.3) is 0 Å². The standard InChI is InChI=1S/C13H25N/c1-12(14-2)13-10-8-6-4-3-5-7-9-11-13/h13H,3-11H2,1-2H3. The van der Waals surface area contributed by atoms with Gasteiger partial charge in [0, 0.05) is 12.8 Å². The predicted molar refractivity (Wildman–Crippen MR) is 64.1 cm³/mol. The summed E-state index contributed by atoms with van der Waals surface area (Å²) in [4.78, 5) is 4.36. The van der Waals surface area contributed by atoms with Crippen molar-refractivity contribution in [3.05, 3.63) is 0 Å². The number of nitrogens with zero attached hydrogens (tertiary/aromatic N) is 1. The van der Waals surface area contributed by atoms with E-state index in [1.54, 1.807) is 0 Å². The van der Waals surface area contributed by atoms with E-state index < -0.39 is 0 Å². The lowest BCUT2D eigenvalue weighted by Gasteiger charge is -2.18. The Hall–Kier alpha value is -0.330. The summed E-state index contributed by atoms with van der Waals surface area (Å²) < 4.78 is 0. The SMILES string of the molecule is CN=C(C)C1CCCCCCCCC1. The molecule has 1 aliphatic rings. The summed E-state index contributed by atoms with van der Waals surface area (Å²) in [6, 6.07) is 0. The van der Waals surface area contributed by atoms with Gasteiger partial charge in [0.2, 0.25) is 0 Å². The third-order valence-corrected chi connectivity index (χ3v) is 3.55. The minimum Gasteiger partial charge on any atom is -0.297 e. The van der Waals surface area contributed by atoms with Crippen molar-refractivity contribution in [3.8, 4) is 0 Å². The maximum Gasteiger partial charge on any atom is 0.0276 e. The molecule has 1 heteroatoms. The lowest BCUT2D eigenvalue weighted by molar-refractivity contribution is 0.459. The van der Waals surface area contributed by atoms with E-state index in [1.807, 2.05) is 7.05 Å². The molecule has 0 aromatic carbocycles. The number of hydrogen-bond donors (Lipinski definition) is 0. The zero-order valence-electron chi connectivity index (χ0n) is 9.89. The molecule has 1 fully saturated rings. The molecule has 1 nitrogen and oxygen atoms in total. The number of aliphatic imine (C=N–C) groups is 1. The minimum atomic E-state index is 0.790. The van der Waals surface area contributed by atoms with Gasteiger partial charge in [0.05, 0.1) is 0 Å². The van der Waals surface area contributed by atoms with Crippen LogP contribution in [-0.2, 0) is 0 Å². The maximum absolute atomic E-state index is 4.36. The van der Waals surface area contributed by atoms with Gasteiger partial charge in [-0.3, -0.25) is 4.99 Å². The lowest BCUT2D eigenvalue weighted by atomic mass is 9.89. The molecule has 1 saturated carbocycles. The molecular weight excluding hydrogens is 170 g/mol. The molecule has 0 N–H and O–H groups in total. The number of rotatable bonds is 1. The average Bonchev–Trinajstić information content (AvgIpc) is 2.24. The summed E-state index contributed by atoms with van der Waals surface area (Å²) in [5.41, 5.74) is 1.38. The van der Waals surface area contributed by atoms with E-state index >= 15 is 0 Å². The van der Waals surface area contributed by atoms with Gasteiger partial charge >= 0.3 is 0 Å². The van der Waals surface area contributed by atoms with Crippen molar-refractivity contribution in [3.63, 3.8) is 0 Å². The Morgan fingerprint density at radius 3 is 1.71 bits per heavy atom. The van der Waals surface area contributed by atoms with Crippen LogP contribution in [0.2, 0.25) is 0 Å². The molecule has 0 aliphatic heterocycles. The van der Waals surface area contributed by atoms with E-state index in [1.165, 1.54) is 63.5 Å². The van der Waals surface area contributed by atoms with Gasteiger partial charge < -0.3 is 0 Å². The normalized spacial score (nSPS) is 23.4. The van der Waals surface area contributed by atoms with Crippen molar-refractivity contribution in [1.29, 1.82) is 0 Å². The van der Waals surface area contributed by atoms with E-state index in [2.05, 4.69) is 11.9 Å². The molecule has 0 unspecified atom stereocenters. The molecule has 0 atom stereocenters. The topological polar surface area (TPSA) is 12.4 Å². The second-order valence-corrected chi connectivity index (χ2v) is 4.61. The Bertz CT molecular complexity index is 162. The molecule has 1 rings (SSSR count). The summed E-state index contributed by atoms with van der Waals surface area (Å²) in [5.74, 6) is 0.790. The van der Waals surface area contributed by atoms with Crippen LogP contribution >= 0.6 is 0 Å². The van der Waals surface area contributed by atoms with Gasteiger partial charge in [-0.25, -0.2) is 0 Å². The molecule has 0 radical (unpaired) electrons. The van der Waals surface area contributed by atoms with Crippen LogP contribution in [0.1, 0.15) is 64.7 Å². The monoisotopic (exact) mass is 195 g/mol. The molecule has 82 valence electrons. The molecular formula is C13H25N. The highest BCUT2D eigenvalue weighted by molar-refractivity contribution is 5.84. The van der Waals surface area contributed by atoms with E-state index in [4.69, 9.17) is 0 Å².